The molecule has 1 aromatic rings. The van der Waals surface area contributed by atoms with Gasteiger partial charge in [0.1, 0.15) is 6.10 Å². The largest absolute Gasteiger partial charge is 0.366 e. The molecule has 1 aliphatic rings. The molecule has 0 N–H and O–H groups in total. The lowest BCUT2D eigenvalue weighted by molar-refractivity contribution is -0.127. The first-order valence-electron chi connectivity index (χ1n) is 5.83. The molecule has 17 heavy (non-hydrogen) atoms. The number of carbonyl (C=O) groups is 1. The number of benzene rings is 1. The van der Waals surface area contributed by atoms with E-state index >= 15 is 0 Å². The lowest BCUT2D eigenvalue weighted by Gasteiger charge is -2.30. The summed E-state index contributed by atoms with van der Waals surface area (Å²) in [5, 5.41) is -0.394. The van der Waals surface area contributed by atoms with E-state index in [0.29, 0.717) is 13.2 Å². The summed E-state index contributed by atoms with van der Waals surface area (Å²) in [6.45, 7) is 2.99. The number of nitrogens with zero attached hydrogens (tertiary/aromatic N) is 1. The van der Waals surface area contributed by atoms with E-state index < -0.39 is 11.3 Å². The van der Waals surface area contributed by atoms with Gasteiger partial charge in [-0.2, -0.15) is 0 Å². The van der Waals surface area contributed by atoms with Crippen molar-refractivity contribution in [2.75, 3.05) is 26.2 Å². The van der Waals surface area contributed by atoms with Gasteiger partial charge in [-0.3, -0.25) is 9.69 Å². The van der Waals surface area contributed by atoms with Crippen LogP contribution >= 0.6 is 11.6 Å². The topological polar surface area (TPSA) is 29.5 Å². The Kier molecular flexibility index (Phi) is 4.54. The van der Waals surface area contributed by atoms with Crippen LogP contribution in [0.4, 0.5) is 0 Å². The summed E-state index contributed by atoms with van der Waals surface area (Å²) in [5.41, 5.74) is 1.31. The Balaban J connectivity index is 1.81. The zero-order valence-electron chi connectivity index (χ0n) is 9.64. The zero-order chi connectivity index (χ0) is 12.1. The van der Waals surface area contributed by atoms with Gasteiger partial charge in [-0.15, -0.1) is 0 Å². The molecule has 0 saturated carbocycles. The predicted octanol–water partition coefficient (Wildman–Crippen LogP) is 1.70. The molecule has 1 heterocycles. The van der Waals surface area contributed by atoms with Crippen LogP contribution in [-0.4, -0.2) is 42.5 Å². The van der Waals surface area contributed by atoms with E-state index in [-0.39, 0.29) is 0 Å². The molecule has 0 aromatic heterocycles. The maximum atomic E-state index is 11.0. The number of rotatable bonds is 4. The lowest BCUT2D eigenvalue weighted by atomic mass is 10.1. The summed E-state index contributed by atoms with van der Waals surface area (Å²) in [6, 6.07) is 10.3. The van der Waals surface area contributed by atoms with Crippen molar-refractivity contribution in [2.24, 2.45) is 0 Å². The molecule has 4 heteroatoms. The van der Waals surface area contributed by atoms with Gasteiger partial charge in [-0.1, -0.05) is 30.3 Å². The zero-order valence-corrected chi connectivity index (χ0v) is 10.4. The predicted molar refractivity (Wildman–Crippen MR) is 67.2 cm³/mol. The molecule has 1 atom stereocenters. The highest BCUT2D eigenvalue weighted by Crippen LogP contribution is 2.09. The molecule has 0 spiro atoms. The Morgan fingerprint density at radius 2 is 2.18 bits per heavy atom. The molecule has 1 aromatic carbocycles. The Bertz CT molecular complexity index is 369. The Hall–Kier alpha value is -0.900. The number of morpholine rings is 1. The van der Waals surface area contributed by atoms with Crippen LogP contribution in [0.2, 0.25) is 0 Å². The highest BCUT2D eigenvalue weighted by Gasteiger charge is 2.24. The van der Waals surface area contributed by atoms with Gasteiger partial charge in [0, 0.05) is 19.6 Å². The van der Waals surface area contributed by atoms with E-state index in [0.717, 1.165) is 19.5 Å². The second-order valence-electron chi connectivity index (χ2n) is 4.20. The molecule has 0 radical (unpaired) electrons. The third-order valence-corrected chi connectivity index (χ3v) is 3.21. The van der Waals surface area contributed by atoms with Crippen molar-refractivity contribution in [1.82, 2.24) is 4.90 Å². The fourth-order valence-corrected chi connectivity index (χ4v) is 2.11. The molecule has 0 amide bonds. The molecular formula is C13H16ClNO2. The second-order valence-corrected chi connectivity index (χ2v) is 4.57. The normalized spacial score (nSPS) is 21.4. The van der Waals surface area contributed by atoms with Crippen molar-refractivity contribution >= 4 is 16.8 Å². The van der Waals surface area contributed by atoms with Crippen molar-refractivity contribution in [3.8, 4) is 0 Å². The first kappa shape index (κ1) is 12.6. The highest BCUT2D eigenvalue weighted by atomic mass is 35.5. The molecule has 0 aliphatic carbocycles. The Labute approximate surface area is 106 Å². The van der Waals surface area contributed by atoms with E-state index in [1.54, 1.807) is 0 Å². The number of hydrogen-bond donors (Lipinski definition) is 0. The summed E-state index contributed by atoms with van der Waals surface area (Å²) < 4.78 is 5.30. The van der Waals surface area contributed by atoms with Gasteiger partial charge in [-0.25, -0.2) is 0 Å². The minimum Gasteiger partial charge on any atom is -0.366 e. The molecule has 3 nitrogen and oxygen atoms in total. The second kappa shape index (κ2) is 6.15. The third kappa shape index (κ3) is 3.80. The van der Waals surface area contributed by atoms with Gasteiger partial charge in [0.2, 0.25) is 0 Å². The third-order valence-electron chi connectivity index (χ3n) is 2.96. The summed E-state index contributed by atoms with van der Waals surface area (Å²) in [5.74, 6) is 0. The van der Waals surface area contributed by atoms with Crippen molar-refractivity contribution in [3.63, 3.8) is 0 Å². The van der Waals surface area contributed by atoms with Crippen molar-refractivity contribution < 1.29 is 9.53 Å². The quantitative estimate of drug-likeness (QED) is 0.765. The summed E-state index contributed by atoms with van der Waals surface area (Å²) in [6.07, 6.45) is 0.533. The smallest absolute Gasteiger partial charge is 0.251 e. The average molecular weight is 254 g/mol. The molecule has 1 saturated heterocycles. The van der Waals surface area contributed by atoms with E-state index in [1.807, 2.05) is 18.2 Å². The standard InChI is InChI=1S/C13H16ClNO2/c14-13(16)12-10-15(8-9-17-12)7-6-11-4-2-1-3-5-11/h1-5,12H,6-10H2. The molecule has 1 unspecified atom stereocenters. The summed E-state index contributed by atoms with van der Waals surface area (Å²) in [7, 11) is 0. The number of ether oxygens (including phenoxy) is 1. The first-order chi connectivity index (χ1) is 8.25. The molecule has 92 valence electrons. The van der Waals surface area contributed by atoms with Crippen LogP contribution in [0.15, 0.2) is 30.3 Å². The fourth-order valence-electron chi connectivity index (χ4n) is 1.97. The first-order valence-corrected chi connectivity index (χ1v) is 6.21. The molecule has 1 fully saturated rings. The van der Waals surface area contributed by atoms with Crippen LogP contribution in [0, 0.1) is 0 Å². The Morgan fingerprint density at radius 3 is 2.88 bits per heavy atom. The van der Waals surface area contributed by atoms with Crippen LogP contribution in [-0.2, 0) is 16.0 Å². The Morgan fingerprint density at radius 1 is 1.41 bits per heavy atom. The summed E-state index contributed by atoms with van der Waals surface area (Å²) in [4.78, 5) is 13.3. The average Bonchev–Trinajstić information content (AvgIpc) is 2.38. The van der Waals surface area contributed by atoms with Crippen LogP contribution < -0.4 is 0 Å². The van der Waals surface area contributed by atoms with Crippen molar-refractivity contribution in [3.05, 3.63) is 35.9 Å². The van der Waals surface area contributed by atoms with Gasteiger partial charge in [-0.05, 0) is 23.6 Å². The van der Waals surface area contributed by atoms with E-state index in [1.165, 1.54) is 5.56 Å². The van der Waals surface area contributed by atoms with Gasteiger partial charge in [0.15, 0.2) is 0 Å². The van der Waals surface area contributed by atoms with Gasteiger partial charge in [0.25, 0.3) is 5.24 Å². The van der Waals surface area contributed by atoms with Crippen molar-refractivity contribution in [1.29, 1.82) is 0 Å². The molecular weight excluding hydrogens is 238 g/mol. The number of halogens is 1. The van der Waals surface area contributed by atoms with Crippen LogP contribution in [0.25, 0.3) is 0 Å². The minimum atomic E-state index is -0.457. The highest BCUT2D eigenvalue weighted by molar-refractivity contribution is 6.64. The summed E-state index contributed by atoms with van der Waals surface area (Å²) >= 11 is 5.45. The lowest BCUT2D eigenvalue weighted by Crippen LogP contribution is -2.45. The maximum absolute atomic E-state index is 11.0. The molecule has 2 rings (SSSR count). The maximum Gasteiger partial charge on any atom is 0.251 e. The monoisotopic (exact) mass is 253 g/mol. The number of hydrogen-bond acceptors (Lipinski definition) is 3. The van der Waals surface area contributed by atoms with Crippen LogP contribution in [0.3, 0.4) is 0 Å². The fraction of sp³-hybridized carbons (Fsp3) is 0.462. The van der Waals surface area contributed by atoms with Gasteiger partial charge >= 0.3 is 0 Å². The minimum absolute atomic E-state index is 0.394. The van der Waals surface area contributed by atoms with E-state index in [2.05, 4.69) is 17.0 Å². The van der Waals surface area contributed by atoms with Gasteiger partial charge < -0.3 is 4.74 Å². The van der Waals surface area contributed by atoms with Crippen molar-refractivity contribution in [2.45, 2.75) is 12.5 Å². The van der Waals surface area contributed by atoms with Crippen LogP contribution in [0.5, 0.6) is 0 Å². The van der Waals surface area contributed by atoms with Gasteiger partial charge in [0.05, 0.1) is 6.61 Å². The van der Waals surface area contributed by atoms with Crippen LogP contribution in [0.1, 0.15) is 5.56 Å². The number of carbonyl (C=O) groups excluding carboxylic acids is 1. The van der Waals surface area contributed by atoms with E-state index in [4.69, 9.17) is 16.3 Å². The molecule has 1 aliphatic heterocycles. The SMILES string of the molecule is O=C(Cl)C1CN(CCc2ccccc2)CCO1. The molecule has 0 bridgehead atoms. The van der Waals surface area contributed by atoms with E-state index in [9.17, 15) is 4.79 Å².